The number of aromatic amines is 1. The molecule has 0 amide bonds. The third-order valence-corrected chi connectivity index (χ3v) is 2.84. The maximum atomic E-state index is 11.3. The average molecular weight is 233 g/mol. The summed E-state index contributed by atoms with van der Waals surface area (Å²) >= 11 is 0. The van der Waals surface area contributed by atoms with Gasteiger partial charge in [-0.15, -0.1) is 0 Å². The number of methoxy groups -OCH3 is 1. The van der Waals surface area contributed by atoms with Crippen molar-refractivity contribution in [3.63, 3.8) is 0 Å². The fourth-order valence-corrected chi connectivity index (χ4v) is 1.85. The lowest BCUT2D eigenvalue weighted by Crippen LogP contribution is -2.41. The van der Waals surface area contributed by atoms with Crippen LogP contribution in [-0.2, 0) is 9.53 Å². The summed E-state index contributed by atoms with van der Waals surface area (Å²) in [7, 11) is 1.30. The van der Waals surface area contributed by atoms with Crippen LogP contribution in [0.2, 0.25) is 0 Å². The van der Waals surface area contributed by atoms with Crippen LogP contribution in [0.15, 0.2) is 30.5 Å². The van der Waals surface area contributed by atoms with E-state index in [1.54, 1.807) is 6.20 Å². The van der Waals surface area contributed by atoms with Crippen LogP contribution in [0.25, 0.3) is 10.9 Å². The third-order valence-electron chi connectivity index (χ3n) is 2.84. The summed E-state index contributed by atoms with van der Waals surface area (Å²) in [6.45, 7) is 0. The van der Waals surface area contributed by atoms with Gasteiger partial charge in [0, 0.05) is 17.1 Å². The van der Waals surface area contributed by atoms with E-state index in [9.17, 15) is 4.79 Å². The molecule has 0 unspecified atom stereocenters. The molecule has 0 bridgehead atoms. The lowest BCUT2D eigenvalue weighted by Gasteiger charge is -2.17. The van der Waals surface area contributed by atoms with Crippen LogP contribution >= 0.6 is 0 Å². The Hall–Kier alpha value is -1.85. The van der Waals surface area contributed by atoms with Gasteiger partial charge in [0.25, 0.3) is 0 Å². The SMILES string of the molecule is COC(=O)[C@H](N)[C@@H](N)c1c[nH]c2ccccc12. The molecule has 0 aliphatic carbocycles. The molecule has 5 N–H and O–H groups in total. The molecule has 2 rings (SSSR count). The molecule has 0 aliphatic rings. The smallest absolute Gasteiger partial charge is 0.324 e. The van der Waals surface area contributed by atoms with E-state index in [-0.39, 0.29) is 0 Å². The van der Waals surface area contributed by atoms with E-state index < -0.39 is 18.1 Å². The van der Waals surface area contributed by atoms with Crippen LogP contribution < -0.4 is 11.5 Å². The van der Waals surface area contributed by atoms with Gasteiger partial charge in [0.05, 0.1) is 13.2 Å². The Morgan fingerprint density at radius 1 is 1.35 bits per heavy atom. The number of nitrogens with two attached hydrogens (primary N) is 2. The number of esters is 1. The fourth-order valence-electron chi connectivity index (χ4n) is 1.85. The number of nitrogens with one attached hydrogen (secondary N) is 1. The van der Waals surface area contributed by atoms with E-state index in [0.29, 0.717) is 0 Å². The van der Waals surface area contributed by atoms with Crippen molar-refractivity contribution in [1.82, 2.24) is 4.98 Å². The van der Waals surface area contributed by atoms with Gasteiger partial charge in [0.15, 0.2) is 0 Å². The highest BCUT2D eigenvalue weighted by Crippen LogP contribution is 2.24. The Bertz CT molecular complexity index is 535. The zero-order valence-corrected chi connectivity index (χ0v) is 9.51. The number of para-hydroxylation sites is 1. The molecule has 0 saturated heterocycles. The molecule has 2 aromatic rings. The molecule has 0 aliphatic heterocycles. The number of fused-ring (bicyclic) bond motifs is 1. The number of benzene rings is 1. The Morgan fingerprint density at radius 3 is 2.76 bits per heavy atom. The van der Waals surface area contributed by atoms with E-state index in [0.717, 1.165) is 16.5 Å². The molecule has 0 radical (unpaired) electrons. The van der Waals surface area contributed by atoms with Crippen molar-refractivity contribution in [1.29, 1.82) is 0 Å². The minimum absolute atomic E-state index is 0.511. The number of aromatic nitrogens is 1. The topological polar surface area (TPSA) is 94.1 Å². The monoisotopic (exact) mass is 233 g/mol. The fraction of sp³-hybridized carbons (Fsp3) is 0.250. The van der Waals surface area contributed by atoms with Crippen LogP contribution in [-0.4, -0.2) is 24.1 Å². The van der Waals surface area contributed by atoms with Crippen LogP contribution in [0.3, 0.4) is 0 Å². The van der Waals surface area contributed by atoms with E-state index in [1.165, 1.54) is 7.11 Å². The van der Waals surface area contributed by atoms with Gasteiger partial charge in [-0.05, 0) is 11.6 Å². The molecular weight excluding hydrogens is 218 g/mol. The summed E-state index contributed by atoms with van der Waals surface area (Å²) in [5.41, 5.74) is 13.5. The van der Waals surface area contributed by atoms with Crippen molar-refractivity contribution in [3.8, 4) is 0 Å². The van der Waals surface area contributed by atoms with Gasteiger partial charge in [-0.2, -0.15) is 0 Å². The van der Waals surface area contributed by atoms with Crippen molar-refractivity contribution in [2.24, 2.45) is 11.5 Å². The average Bonchev–Trinajstić information content (AvgIpc) is 2.79. The predicted octanol–water partition coefficient (Wildman–Crippen LogP) is 0.668. The highest BCUT2D eigenvalue weighted by molar-refractivity contribution is 5.85. The van der Waals surface area contributed by atoms with Crippen molar-refractivity contribution in [2.75, 3.05) is 7.11 Å². The number of carbonyl (C=O) groups excluding carboxylic acids is 1. The Morgan fingerprint density at radius 2 is 2.06 bits per heavy atom. The highest BCUT2D eigenvalue weighted by atomic mass is 16.5. The van der Waals surface area contributed by atoms with E-state index >= 15 is 0 Å². The molecule has 1 heterocycles. The predicted molar refractivity (Wildman–Crippen MR) is 65.2 cm³/mol. The second kappa shape index (κ2) is 4.57. The standard InChI is InChI=1S/C12H15N3O2/c1-17-12(16)11(14)10(13)8-6-15-9-5-3-2-4-7(8)9/h2-6,10-11,15H,13-14H2,1H3/t10-,11+/m0/s1. The van der Waals surface area contributed by atoms with Crippen molar-refractivity contribution >= 4 is 16.9 Å². The Kier molecular flexibility index (Phi) is 3.12. The van der Waals surface area contributed by atoms with Crippen molar-refractivity contribution < 1.29 is 9.53 Å². The summed E-state index contributed by atoms with van der Waals surface area (Å²) in [4.78, 5) is 14.4. The summed E-state index contributed by atoms with van der Waals surface area (Å²) in [6, 6.07) is 6.27. The van der Waals surface area contributed by atoms with Gasteiger partial charge in [-0.1, -0.05) is 18.2 Å². The zero-order valence-electron chi connectivity index (χ0n) is 9.51. The molecule has 1 aromatic heterocycles. The van der Waals surface area contributed by atoms with Crippen LogP contribution in [0.5, 0.6) is 0 Å². The molecule has 5 nitrogen and oxygen atoms in total. The maximum Gasteiger partial charge on any atom is 0.324 e. The first-order valence-corrected chi connectivity index (χ1v) is 5.30. The second-order valence-corrected chi connectivity index (χ2v) is 3.86. The summed E-state index contributed by atoms with van der Waals surface area (Å²) < 4.78 is 4.59. The first kappa shape index (κ1) is 11.6. The van der Waals surface area contributed by atoms with Gasteiger partial charge in [-0.25, -0.2) is 0 Å². The Balaban J connectivity index is 2.36. The number of rotatable bonds is 3. The largest absolute Gasteiger partial charge is 0.468 e. The molecular formula is C12H15N3O2. The second-order valence-electron chi connectivity index (χ2n) is 3.86. The molecule has 0 spiro atoms. The van der Waals surface area contributed by atoms with E-state index in [1.807, 2.05) is 24.3 Å². The number of hydrogen-bond donors (Lipinski definition) is 3. The van der Waals surface area contributed by atoms with Gasteiger partial charge >= 0.3 is 5.97 Å². The summed E-state index contributed by atoms with van der Waals surface area (Å²) in [6.07, 6.45) is 1.78. The van der Waals surface area contributed by atoms with Gasteiger partial charge in [-0.3, -0.25) is 4.79 Å². The Labute approximate surface area is 98.7 Å². The van der Waals surface area contributed by atoms with Gasteiger partial charge < -0.3 is 21.2 Å². The van der Waals surface area contributed by atoms with Crippen LogP contribution in [0, 0.1) is 0 Å². The van der Waals surface area contributed by atoms with Gasteiger partial charge in [0.2, 0.25) is 0 Å². The van der Waals surface area contributed by atoms with Gasteiger partial charge in [0.1, 0.15) is 6.04 Å². The van der Waals surface area contributed by atoms with Crippen molar-refractivity contribution in [3.05, 3.63) is 36.0 Å². The van der Waals surface area contributed by atoms with E-state index in [4.69, 9.17) is 11.5 Å². The number of ether oxygens (including phenoxy) is 1. The highest BCUT2D eigenvalue weighted by Gasteiger charge is 2.25. The normalized spacial score (nSPS) is 14.5. The third kappa shape index (κ3) is 2.02. The van der Waals surface area contributed by atoms with Crippen LogP contribution in [0.4, 0.5) is 0 Å². The minimum Gasteiger partial charge on any atom is -0.468 e. The molecule has 2 atom stereocenters. The van der Waals surface area contributed by atoms with E-state index in [2.05, 4.69) is 9.72 Å². The molecule has 0 saturated carbocycles. The minimum atomic E-state index is -0.862. The number of carbonyl (C=O) groups is 1. The summed E-state index contributed by atoms with van der Waals surface area (Å²) in [5.74, 6) is -0.511. The molecule has 5 heteroatoms. The first-order chi connectivity index (χ1) is 8.15. The maximum absolute atomic E-state index is 11.3. The molecule has 90 valence electrons. The number of hydrogen-bond acceptors (Lipinski definition) is 4. The molecule has 17 heavy (non-hydrogen) atoms. The quantitative estimate of drug-likeness (QED) is 0.679. The number of H-pyrrole nitrogens is 1. The lowest BCUT2D eigenvalue weighted by atomic mass is 10.0. The zero-order chi connectivity index (χ0) is 12.4. The molecule has 0 fully saturated rings. The summed E-state index contributed by atoms with van der Waals surface area (Å²) in [5, 5.41) is 0.972. The van der Waals surface area contributed by atoms with Crippen LogP contribution in [0.1, 0.15) is 11.6 Å². The lowest BCUT2D eigenvalue weighted by molar-refractivity contribution is -0.142. The first-order valence-electron chi connectivity index (χ1n) is 5.30. The molecule has 1 aromatic carbocycles. The van der Waals surface area contributed by atoms with Crippen molar-refractivity contribution in [2.45, 2.75) is 12.1 Å².